The van der Waals surface area contributed by atoms with Gasteiger partial charge in [-0.15, -0.1) is 0 Å². The van der Waals surface area contributed by atoms with E-state index in [4.69, 9.17) is 0 Å². The van der Waals surface area contributed by atoms with Crippen molar-refractivity contribution in [3.8, 4) is 0 Å². The molecule has 0 saturated heterocycles. The van der Waals surface area contributed by atoms with Gasteiger partial charge in [0.25, 0.3) is 0 Å². The fourth-order valence-electron chi connectivity index (χ4n) is 1.40. The largest absolute Gasteiger partial charge is 0.347 e. The number of aliphatic imine (C=N–C) groups is 1. The van der Waals surface area contributed by atoms with Gasteiger partial charge in [0.2, 0.25) is 0 Å². The maximum Gasteiger partial charge on any atom is 0.158 e. The van der Waals surface area contributed by atoms with Crippen LogP contribution in [0.2, 0.25) is 0 Å². The number of hydrogen-bond donors (Lipinski definition) is 0. The second kappa shape index (κ2) is 6.91. The number of thioether (sulfide) groups is 1. The first-order chi connectivity index (χ1) is 7.71. The van der Waals surface area contributed by atoms with E-state index in [1.807, 2.05) is 25.6 Å². The van der Waals surface area contributed by atoms with Crippen molar-refractivity contribution in [2.45, 2.75) is 13.5 Å². The van der Waals surface area contributed by atoms with Gasteiger partial charge in [0.15, 0.2) is 5.17 Å². The maximum absolute atomic E-state index is 4.27. The Morgan fingerprint density at radius 3 is 2.75 bits per heavy atom. The van der Waals surface area contributed by atoms with E-state index in [1.54, 1.807) is 11.8 Å². The van der Waals surface area contributed by atoms with Gasteiger partial charge in [-0.25, -0.2) is 4.98 Å². The van der Waals surface area contributed by atoms with Gasteiger partial charge in [-0.05, 0) is 40.7 Å². The van der Waals surface area contributed by atoms with Crippen LogP contribution in [-0.4, -0.2) is 34.9 Å². The number of hydrogen-bond acceptors (Lipinski definition) is 3. The molecule has 0 aliphatic heterocycles. The second-order valence-corrected chi connectivity index (χ2v) is 4.80. The SMILES string of the molecule is CCN(Cc1ccc(Br)nc1)/C(=N/C)SC. The summed E-state index contributed by atoms with van der Waals surface area (Å²) in [5.41, 5.74) is 1.19. The van der Waals surface area contributed by atoms with Crippen molar-refractivity contribution >= 4 is 32.9 Å². The van der Waals surface area contributed by atoms with E-state index in [0.29, 0.717) is 0 Å². The van der Waals surface area contributed by atoms with Crippen molar-refractivity contribution in [3.63, 3.8) is 0 Å². The number of amidine groups is 1. The minimum atomic E-state index is 0.851. The minimum absolute atomic E-state index is 0.851. The minimum Gasteiger partial charge on any atom is -0.347 e. The summed E-state index contributed by atoms with van der Waals surface area (Å²) in [7, 11) is 1.83. The lowest BCUT2D eigenvalue weighted by Gasteiger charge is -2.22. The van der Waals surface area contributed by atoms with Crippen molar-refractivity contribution < 1.29 is 0 Å². The zero-order valence-corrected chi connectivity index (χ0v) is 12.2. The lowest BCUT2D eigenvalue weighted by molar-refractivity contribution is 0.443. The van der Waals surface area contributed by atoms with Crippen LogP contribution in [0.15, 0.2) is 27.9 Å². The van der Waals surface area contributed by atoms with E-state index in [9.17, 15) is 0 Å². The summed E-state index contributed by atoms with van der Waals surface area (Å²) in [6.07, 6.45) is 3.94. The predicted octanol–water partition coefficient (Wildman–Crippen LogP) is 3.01. The highest BCUT2D eigenvalue weighted by molar-refractivity contribution is 9.10. The van der Waals surface area contributed by atoms with Crippen LogP contribution in [-0.2, 0) is 6.54 Å². The highest BCUT2D eigenvalue weighted by Gasteiger charge is 2.08. The van der Waals surface area contributed by atoms with Crippen molar-refractivity contribution in [2.24, 2.45) is 4.99 Å². The van der Waals surface area contributed by atoms with Crippen LogP contribution in [0.4, 0.5) is 0 Å². The van der Waals surface area contributed by atoms with Crippen LogP contribution >= 0.6 is 27.7 Å². The Balaban J connectivity index is 2.73. The van der Waals surface area contributed by atoms with Crippen LogP contribution in [0.25, 0.3) is 0 Å². The summed E-state index contributed by atoms with van der Waals surface area (Å²) in [5, 5.41) is 1.06. The van der Waals surface area contributed by atoms with E-state index in [1.165, 1.54) is 5.56 Å². The van der Waals surface area contributed by atoms with Crippen LogP contribution in [0.1, 0.15) is 12.5 Å². The lowest BCUT2D eigenvalue weighted by atomic mass is 10.3. The van der Waals surface area contributed by atoms with E-state index < -0.39 is 0 Å². The average molecular weight is 302 g/mol. The molecule has 0 aliphatic rings. The fraction of sp³-hybridized carbons (Fsp3) is 0.455. The fourth-order valence-corrected chi connectivity index (χ4v) is 2.27. The smallest absolute Gasteiger partial charge is 0.158 e. The molecular formula is C11H16BrN3S. The molecule has 0 N–H and O–H groups in total. The van der Waals surface area contributed by atoms with E-state index in [0.717, 1.165) is 22.9 Å². The maximum atomic E-state index is 4.27. The van der Waals surface area contributed by atoms with Crippen LogP contribution in [0, 0.1) is 0 Å². The zero-order chi connectivity index (χ0) is 12.0. The summed E-state index contributed by atoms with van der Waals surface area (Å²) in [5.74, 6) is 0. The molecule has 0 aromatic carbocycles. The number of rotatable bonds is 3. The number of halogens is 1. The Labute approximate surface area is 109 Å². The molecule has 5 heteroatoms. The first-order valence-corrected chi connectivity index (χ1v) is 7.09. The molecule has 3 nitrogen and oxygen atoms in total. The number of nitrogens with zero attached hydrogens (tertiary/aromatic N) is 3. The summed E-state index contributed by atoms with van der Waals surface area (Å²) in [6.45, 7) is 3.93. The topological polar surface area (TPSA) is 28.5 Å². The quantitative estimate of drug-likeness (QED) is 0.488. The monoisotopic (exact) mass is 301 g/mol. The molecule has 0 unspecified atom stereocenters. The third-order valence-corrected chi connectivity index (χ3v) is 3.46. The van der Waals surface area contributed by atoms with Gasteiger partial charge < -0.3 is 4.90 Å². The van der Waals surface area contributed by atoms with Gasteiger partial charge in [-0.2, -0.15) is 0 Å². The van der Waals surface area contributed by atoms with Crippen molar-refractivity contribution in [2.75, 3.05) is 19.8 Å². The molecule has 0 fully saturated rings. The number of pyridine rings is 1. The van der Waals surface area contributed by atoms with Crippen molar-refractivity contribution in [1.82, 2.24) is 9.88 Å². The third-order valence-electron chi connectivity index (χ3n) is 2.19. The predicted molar refractivity (Wildman–Crippen MR) is 74.9 cm³/mol. The Bertz CT molecular complexity index is 351. The second-order valence-electron chi connectivity index (χ2n) is 3.21. The Hall–Kier alpha value is -0.550. The Morgan fingerprint density at radius 1 is 1.56 bits per heavy atom. The molecule has 0 spiro atoms. The molecule has 0 amide bonds. The molecule has 1 aromatic rings. The number of aromatic nitrogens is 1. The van der Waals surface area contributed by atoms with Gasteiger partial charge in [0.05, 0.1) is 0 Å². The molecule has 88 valence electrons. The van der Waals surface area contributed by atoms with E-state index in [-0.39, 0.29) is 0 Å². The first kappa shape index (κ1) is 13.5. The van der Waals surface area contributed by atoms with Crippen molar-refractivity contribution in [3.05, 3.63) is 28.5 Å². The van der Waals surface area contributed by atoms with Crippen LogP contribution in [0.5, 0.6) is 0 Å². The average Bonchev–Trinajstić information content (AvgIpc) is 2.32. The van der Waals surface area contributed by atoms with Gasteiger partial charge in [0, 0.05) is 26.3 Å². The molecular weight excluding hydrogens is 286 g/mol. The molecule has 0 atom stereocenters. The highest BCUT2D eigenvalue weighted by Crippen LogP contribution is 2.12. The molecule has 1 rings (SSSR count). The van der Waals surface area contributed by atoms with Crippen LogP contribution in [0.3, 0.4) is 0 Å². The standard InChI is InChI=1S/C11H16BrN3S/c1-4-15(11(13-2)16-3)8-9-5-6-10(12)14-7-9/h5-7H,4,8H2,1-3H3/b13-11-. The molecule has 0 aliphatic carbocycles. The highest BCUT2D eigenvalue weighted by atomic mass is 79.9. The summed E-state index contributed by atoms with van der Waals surface area (Å²) < 4.78 is 0.869. The Morgan fingerprint density at radius 2 is 2.31 bits per heavy atom. The lowest BCUT2D eigenvalue weighted by Crippen LogP contribution is -2.27. The first-order valence-electron chi connectivity index (χ1n) is 5.07. The van der Waals surface area contributed by atoms with Crippen molar-refractivity contribution in [1.29, 1.82) is 0 Å². The summed E-state index contributed by atoms with van der Waals surface area (Å²) >= 11 is 5.00. The molecule has 0 saturated carbocycles. The summed E-state index contributed by atoms with van der Waals surface area (Å²) in [6, 6.07) is 4.04. The summed E-state index contributed by atoms with van der Waals surface area (Å²) in [4.78, 5) is 10.7. The molecule has 0 bridgehead atoms. The zero-order valence-electron chi connectivity index (χ0n) is 9.77. The van der Waals surface area contributed by atoms with Gasteiger partial charge >= 0.3 is 0 Å². The molecule has 0 radical (unpaired) electrons. The van der Waals surface area contributed by atoms with E-state index in [2.05, 4.69) is 43.8 Å². The third kappa shape index (κ3) is 3.79. The van der Waals surface area contributed by atoms with E-state index >= 15 is 0 Å². The molecule has 1 heterocycles. The molecule has 16 heavy (non-hydrogen) atoms. The Kier molecular flexibility index (Phi) is 5.84. The van der Waals surface area contributed by atoms with Gasteiger partial charge in [-0.3, -0.25) is 4.99 Å². The van der Waals surface area contributed by atoms with Gasteiger partial charge in [-0.1, -0.05) is 17.8 Å². The molecule has 1 aromatic heterocycles. The normalized spacial score (nSPS) is 11.6. The van der Waals surface area contributed by atoms with Crippen LogP contribution < -0.4 is 0 Å². The van der Waals surface area contributed by atoms with Gasteiger partial charge in [0.1, 0.15) is 4.60 Å².